The van der Waals surface area contributed by atoms with Crippen LogP contribution in [-0.4, -0.2) is 34.8 Å². The van der Waals surface area contributed by atoms with Crippen LogP contribution in [0.2, 0.25) is 0 Å². The van der Waals surface area contributed by atoms with Crippen molar-refractivity contribution in [3.63, 3.8) is 0 Å². The Morgan fingerprint density at radius 3 is 2.95 bits per heavy atom. The van der Waals surface area contributed by atoms with Gasteiger partial charge in [0.25, 0.3) is 0 Å². The molecule has 5 heteroatoms. The van der Waals surface area contributed by atoms with Crippen molar-refractivity contribution >= 4 is 27.4 Å². The van der Waals surface area contributed by atoms with Crippen LogP contribution in [0, 0.1) is 0 Å². The summed E-state index contributed by atoms with van der Waals surface area (Å²) < 4.78 is 0. The van der Waals surface area contributed by atoms with Crippen molar-refractivity contribution < 1.29 is 10.0 Å². The van der Waals surface area contributed by atoms with Crippen LogP contribution in [-0.2, 0) is 4.79 Å². The average Bonchev–Trinajstić information content (AvgIpc) is 2.46. The summed E-state index contributed by atoms with van der Waals surface area (Å²) in [5.41, 5.74) is 3.02. The minimum atomic E-state index is -0.306. The molecule has 19 heavy (non-hydrogen) atoms. The first kappa shape index (κ1) is 14.1. The second-order valence-corrected chi connectivity index (χ2v) is 6.80. The van der Waals surface area contributed by atoms with E-state index in [1.807, 2.05) is 13.0 Å². The third-order valence-corrected chi connectivity index (χ3v) is 5.81. The van der Waals surface area contributed by atoms with Gasteiger partial charge in [-0.3, -0.25) is 10.0 Å². The van der Waals surface area contributed by atoms with E-state index in [0.29, 0.717) is 6.42 Å². The largest absolute Gasteiger partial charge is 0.370 e. The molecular formula is C14H20N2O2S. The Morgan fingerprint density at radius 2 is 2.32 bits per heavy atom. The number of nitrogens with zero attached hydrogens (tertiary/aromatic N) is 1. The van der Waals surface area contributed by atoms with E-state index < -0.39 is 0 Å². The van der Waals surface area contributed by atoms with Crippen LogP contribution < -0.4 is 10.4 Å². The first-order valence-electron chi connectivity index (χ1n) is 6.49. The maximum Gasteiger partial charge on any atom is 0.244 e. The van der Waals surface area contributed by atoms with Crippen LogP contribution in [0.1, 0.15) is 20.3 Å². The Bertz CT molecular complexity index is 502. The molecule has 0 aliphatic carbocycles. The number of hydrogen-bond acceptors (Lipinski definition) is 3. The molecule has 0 fully saturated rings. The summed E-state index contributed by atoms with van der Waals surface area (Å²) in [5, 5.41) is 11.1. The highest BCUT2D eigenvalue weighted by Gasteiger charge is 2.28. The fourth-order valence-corrected chi connectivity index (χ4v) is 4.89. The van der Waals surface area contributed by atoms with Gasteiger partial charge >= 0.3 is 0 Å². The van der Waals surface area contributed by atoms with Gasteiger partial charge < -0.3 is 4.90 Å². The van der Waals surface area contributed by atoms with Gasteiger partial charge in [-0.2, -0.15) is 10.5 Å². The first-order valence-corrected chi connectivity index (χ1v) is 7.84. The van der Waals surface area contributed by atoms with Gasteiger partial charge in [-0.05, 0) is 26.0 Å². The summed E-state index contributed by atoms with van der Waals surface area (Å²) in [6.45, 7) is 5.95. The van der Waals surface area contributed by atoms with Crippen LogP contribution in [0.4, 0.5) is 5.69 Å². The van der Waals surface area contributed by atoms with Crippen LogP contribution in [0.15, 0.2) is 29.2 Å². The van der Waals surface area contributed by atoms with Crippen LogP contribution in [0.3, 0.4) is 0 Å². The summed E-state index contributed by atoms with van der Waals surface area (Å²) in [6.07, 6.45) is 0.356. The Morgan fingerprint density at radius 1 is 1.58 bits per heavy atom. The highest BCUT2D eigenvalue weighted by Crippen LogP contribution is 2.44. The van der Waals surface area contributed by atoms with E-state index in [9.17, 15) is 4.79 Å². The molecule has 1 aliphatic heterocycles. The molecule has 1 aromatic rings. The van der Waals surface area contributed by atoms with E-state index in [4.69, 9.17) is 5.21 Å². The molecule has 0 spiro atoms. The highest BCUT2D eigenvalue weighted by atomic mass is 32.2. The molecule has 1 aromatic carbocycles. The third kappa shape index (κ3) is 2.82. The molecule has 0 bridgehead atoms. The number of rotatable bonds is 3. The monoisotopic (exact) mass is 280 g/mol. The normalized spacial score (nSPS) is 22.2. The van der Waals surface area contributed by atoms with Crippen LogP contribution in [0.5, 0.6) is 0 Å². The van der Waals surface area contributed by atoms with E-state index >= 15 is 0 Å². The average molecular weight is 280 g/mol. The number of anilines is 1. The maximum atomic E-state index is 11.5. The number of hydrogen-bond donors (Lipinski definition) is 2. The lowest BCUT2D eigenvalue weighted by Gasteiger charge is -2.37. The highest BCUT2D eigenvalue weighted by molar-refractivity contribution is 8.15. The van der Waals surface area contributed by atoms with Crippen molar-refractivity contribution in [1.82, 2.24) is 5.48 Å². The molecular weight excluding hydrogens is 260 g/mol. The standard InChI is InChI=1S/C14H20N2O2S/c1-3-16-10-11(9-14(17)15-18)19(4-2)13-8-6-5-7-12(13)16/h4-8,11,18H,3,9-10H2,1-2H3,(H,15,17). The molecule has 1 amide bonds. The SMILES string of the molecule is C/C=S1\c2ccccc2N(CC)CC1CC(=O)NO. The Balaban J connectivity index is 2.37. The zero-order valence-corrected chi connectivity index (χ0v) is 12.1. The van der Waals surface area contributed by atoms with E-state index in [1.54, 1.807) is 5.48 Å². The van der Waals surface area contributed by atoms with Gasteiger partial charge in [0, 0.05) is 35.3 Å². The lowest BCUT2D eigenvalue weighted by Crippen LogP contribution is -2.38. The molecule has 2 unspecified atom stereocenters. The number of amides is 1. The lowest BCUT2D eigenvalue weighted by atomic mass is 10.2. The number of carbonyl (C=O) groups is 1. The first-order chi connectivity index (χ1) is 9.21. The molecule has 4 nitrogen and oxygen atoms in total. The number of para-hydroxylation sites is 1. The van der Waals surface area contributed by atoms with Gasteiger partial charge in [-0.1, -0.05) is 17.5 Å². The third-order valence-electron chi connectivity index (χ3n) is 3.42. The van der Waals surface area contributed by atoms with Gasteiger partial charge in [-0.15, -0.1) is 0 Å². The van der Waals surface area contributed by atoms with Gasteiger partial charge in [0.05, 0.1) is 0 Å². The van der Waals surface area contributed by atoms with E-state index in [2.05, 4.69) is 35.4 Å². The minimum Gasteiger partial charge on any atom is -0.370 e. The molecule has 1 heterocycles. The van der Waals surface area contributed by atoms with Crippen molar-refractivity contribution in [3.05, 3.63) is 24.3 Å². The molecule has 0 saturated carbocycles. The van der Waals surface area contributed by atoms with Crippen LogP contribution >= 0.6 is 10.5 Å². The van der Waals surface area contributed by atoms with Crippen molar-refractivity contribution in [2.24, 2.45) is 0 Å². The van der Waals surface area contributed by atoms with E-state index in [0.717, 1.165) is 13.1 Å². The molecule has 104 valence electrons. The number of nitrogens with one attached hydrogen (secondary N) is 1. The zero-order chi connectivity index (χ0) is 13.8. The number of benzene rings is 1. The lowest BCUT2D eigenvalue weighted by molar-refractivity contribution is -0.129. The van der Waals surface area contributed by atoms with E-state index in [1.165, 1.54) is 10.6 Å². The summed E-state index contributed by atoms with van der Waals surface area (Å²) in [5.74, 6) is -0.306. The minimum absolute atomic E-state index is 0.0474. The second kappa shape index (κ2) is 6.21. The fraction of sp³-hybridized carbons (Fsp3) is 0.429. The number of hydroxylamine groups is 1. The molecule has 0 saturated heterocycles. The van der Waals surface area contributed by atoms with Crippen molar-refractivity contribution in [1.29, 1.82) is 0 Å². The number of carbonyl (C=O) groups excluding carboxylic acids is 1. The van der Waals surface area contributed by atoms with Gasteiger partial charge in [-0.25, -0.2) is 5.48 Å². The Kier molecular flexibility index (Phi) is 4.61. The van der Waals surface area contributed by atoms with Crippen molar-refractivity contribution in [3.8, 4) is 0 Å². The smallest absolute Gasteiger partial charge is 0.244 e. The number of fused-ring (bicyclic) bond motifs is 1. The predicted molar refractivity (Wildman–Crippen MR) is 80.3 cm³/mol. The van der Waals surface area contributed by atoms with Gasteiger partial charge in [0.1, 0.15) is 0 Å². The quantitative estimate of drug-likeness (QED) is 0.507. The summed E-state index contributed by atoms with van der Waals surface area (Å²) in [7, 11) is -0.0474. The maximum absolute atomic E-state index is 11.5. The Hall–Kier alpha value is -1.33. The fourth-order valence-electron chi connectivity index (χ4n) is 2.55. The predicted octanol–water partition coefficient (Wildman–Crippen LogP) is 2.24. The summed E-state index contributed by atoms with van der Waals surface area (Å²) in [6, 6.07) is 8.39. The molecule has 2 rings (SSSR count). The van der Waals surface area contributed by atoms with Crippen molar-refractivity contribution in [2.75, 3.05) is 18.0 Å². The van der Waals surface area contributed by atoms with Crippen LogP contribution in [0.25, 0.3) is 0 Å². The summed E-state index contributed by atoms with van der Waals surface area (Å²) in [4.78, 5) is 15.1. The molecule has 1 aliphatic rings. The topological polar surface area (TPSA) is 52.6 Å². The van der Waals surface area contributed by atoms with Gasteiger partial charge in [0.2, 0.25) is 5.91 Å². The van der Waals surface area contributed by atoms with Gasteiger partial charge in [0.15, 0.2) is 0 Å². The molecule has 0 aromatic heterocycles. The molecule has 0 radical (unpaired) electrons. The van der Waals surface area contributed by atoms with E-state index in [-0.39, 0.29) is 21.6 Å². The summed E-state index contributed by atoms with van der Waals surface area (Å²) >= 11 is 0. The molecule has 2 atom stereocenters. The van der Waals surface area contributed by atoms with Crippen molar-refractivity contribution in [2.45, 2.75) is 30.4 Å². The Labute approximate surface area is 116 Å². The zero-order valence-electron chi connectivity index (χ0n) is 11.3. The second-order valence-electron chi connectivity index (χ2n) is 4.47. The molecule has 2 N–H and O–H groups in total.